The second-order valence-corrected chi connectivity index (χ2v) is 6.54. The van der Waals surface area contributed by atoms with E-state index in [1.165, 1.54) is 10.9 Å². The summed E-state index contributed by atoms with van der Waals surface area (Å²) in [6.45, 7) is 2.60. The summed E-state index contributed by atoms with van der Waals surface area (Å²) in [5.74, 6) is 0.323. The van der Waals surface area contributed by atoms with Crippen LogP contribution >= 0.6 is 0 Å². The number of benzene rings is 1. The number of nitrogens with one attached hydrogen (secondary N) is 1. The molecule has 0 bridgehead atoms. The highest BCUT2D eigenvalue weighted by Gasteiger charge is 2.23. The molecule has 4 rings (SSSR count). The predicted molar refractivity (Wildman–Crippen MR) is 96.5 cm³/mol. The normalized spacial score (nSPS) is 18.2. The van der Waals surface area contributed by atoms with Gasteiger partial charge in [-0.05, 0) is 47.7 Å². The second kappa shape index (κ2) is 7.07. The third kappa shape index (κ3) is 3.56. The molecule has 1 aliphatic rings. The van der Waals surface area contributed by atoms with Crippen LogP contribution in [0.25, 0.3) is 10.9 Å². The largest absolute Gasteiger partial charge is 0.379 e. The van der Waals surface area contributed by atoms with Crippen LogP contribution < -0.4 is 0 Å². The molecule has 1 saturated heterocycles. The summed E-state index contributed by atoms with van der Waals surface area (Å²) in [7, 11) is 0. The summed E-state index contributed by atoms with van der Waals surface area (Å²) < 4.78 is 5.75. The van der Waals surface area contributed by atoms with Gasteiger partial charge >= 0.3 is 0 Å². The minimum Gasteiger partial charge on any atom is -0.379 e. The maximum atomic E-state index is 12.7. The molecular formula is C20H21N3O2. The zero-order valence-electron chi connectivity index (χ0n) is 14.0. The highest BCUT2D eigenvalue weighted by Crippen LogP contribution is 2.19. The molecule has 1 atom stereocenters. The standard InChI is InChI=1S/C20H21N3O2/c24-20(18-2-1-6-21-12-18)23-8-9-25-14-16(13-23)10-15-3-4-19-17(11-15)5-7-22-19/h1-7,11-12,16,22H,8-10,13-14H2. The van der Waals surface area contributed by atoms with Crippen molar-refractivity contribution in [1.82, 2.24) is 14.9 Å². The van der Waals surface area contributed by atoms with Gasteiger partial charge in [-0.2, -0.15) is 0 Å². The van der Waals surface area contributed by atoms with Gasteiger partial charge in [-0.3, -0.25) is 9.78 Å². The molecule has 0 saturated carbocycles. The quantitative estimate of drug-likeness (QED) is 0.801. The van der Waals surface area contributed by atoms with E-state index in [1.54, 1.807) is 18.5 Å². The second-order valence-electron chi connectivity index (χ2n) is 6.54. The third-order valence-corrected chi connectivity index (χ3v) is 4.68. The highest BCUT2D eigenvalue weighted by atomic mass is 16.5. The van der Waals surface area contributed by atoms with Crippen LogP contribution in [0.5, 0.6) is 0 Å². The molecule has 1 aliphatic heterocycles. The van der Waals surface area contributed by atoms with E-state index in [-0.39, 0.29) is 5.91 Å². The number of H-pyrrole nitrogens is 1. The van der Waals surface area contributed by atoms with Crippen molar-refractivity contribution in [1.29, 1.82) is 0 Å². The smallest absolute Gasteiger partial charge is 0.255 e. The number of carbonyl (C=O) groups is 1. The van der Waals surface area contributed by atoms with E-state index < -0.39 is 0 Å². The molecule has 0 aliphatic carbocycles. The summed E-state index contributed by atoms with van der Waals surface area (Å²) in [5, 5.41) is 1.22. The van der Waals surface area contributed by atoms with Crippen molar-refractivity contribution in [3.63, 3.8) is 0 Å². The van der Waals surface area contributed by atoms with Crippen LogP contribution in [0.2, 0.25) is 0 Å². The van der Waals surface area contributed by atoms with E-state index in [2.05, 4.69) is 34.2 Å². The van der Waals surface area contributed by atoms with Crippen molar-refractivity contribution < 1.29 is 9.53 Å². The third-order valence-electron chi connectivity index (χ3n) is 4.68. The molecule has 5 nitrogen and oxygen atoms in total. The molecule has 2 aromatic heterocycles. The minimum absolute atomic E-state index is 0.0321. The van der Waals surface area contributed by atoms with Crippen LogP contribution in [-0.4, -0.2) is 47.1 Å². The molecule has 3 aromatic rings. The summed E-state index contributed by atoms with van der Waals surface area (Å²) in [6.07, 6.45) is 6.17. The predicted octanol–water partition coefficient (Wildman–Crippen LogP) is 2.89. The van der Waals surface area contributed by atoms with E-state index >= 15 is 0 Å². The van der Waals surface area contributed by atoms with Crippen molar-refractivity contribution in [2.45, 2.75) is 6.42 Å². The fourth-order valence-electron chi connectivity index (χ4n) is 3.42. The van der Waals surface area contributed by atoms with Gasteiger partial charge in [0.05, 0.1) is 18.8 Å². The SMILES string of the molecule is O=C(c1cccnc1)N1CCOCC(Cc2ccc3[nH]ccc3c2)C1. The van der Waals surface area contributed by atoms with E-state index in [1.807, 2.05) is 17.2 Å². The molecule has 3 heterocycles. The van der Waals surface area contributed by atoms with Crippen LogP contribution in [0.3, 0.4) is 0 Å². The van der Waals surface area contributed by atoms with Crippen molar-refractivity contribution in [3.05, 3.63) is 66.1 Å². The van der Waals surface area contributed by atoms with Crippen LogP contribution in [-0.2, 0) is 11.2 Å². The van der Waals surface area contributed by atoms with Gasteiger partial charge < -0.3 is 14.6 Å². The first-order valence-electron chi connectivity index (χ1n) is 8.62. The lowest BCUT2D eigenvalue weighted by molar-refractivity contribution is 0.0737. The number of hydrogen-bond donors (Lipinski definition) is 1. The lowest BCUT2D eigenvalue weighted by Crippen LogP contribution is -2.36. The Labute approximate surface area is 146 Å². The van der Waals surface area contributed by atoms with Crippen molar-refractivity contribution >= 4 is 16.8 Å². The number of fused-ring (bicyclic) bond motifs is 1. The Morgan fingerprint density at radius 2 is 2.28 bits per heavy atom. The van der Waals surface area contributed by atoms with Crippen molar-refractivity contribution in [3.8, 4) is 0 Å². The van der Waals surface area contributed by atoms with Gasteiger partial charge in [0.2, 0.25) is 0 Å². The minimum atomic E-state index is 0.0321. The number of aromatic nitrogens is 2. The molecule has 1 aromatic carbocycles. The highest BCUT2D eigenvalue weighted by molar-refractivity contribution is 5.93. The first kappa shape index (κ1) is 15.8. The molecule has 0 radical (unpaired) electrons. The van der Waals surface area contributed by atoms with Crippen LogP contribution in [0, 0.1) is 5.92 Å². The number of ether oxygens (including phenoxy) is 1. The Bertz CT molecular complexity index is 860. The van der Waals surface area contributed by atoms with Gasteiger partial charge in [-0.25, -0.2) is 0 Å². The van der Waals surface area contributed by atoms with Gasteiger partial charge in [0.1, 0.15) is 0 Å². The van der Waals surface area contributed by atoms with E-state index in [9.17, 15) is 4.79 Å². The fourth-order valence-corrected chi connectivity index (χ4v) is 3.42. The summed E-state index contributed by atoms with van der Waals surface area (Å²) >= 11 is 0. The topological polar surface area (TPSA) is 58.2 Å². The Hall–Kier alpha value is -2.66. The summed E-state index contributed by atoms with van der Waals surface area (Å²) in [4.78, 5) is 21.9. The van der Waals surface area contributed by atoms with E-state index in [0.29, 0.717) is 37.8 Å². The molecule has 1 fully saturated rings. The number of pyridine rings is 1. The van der Waals surface area contributed by atoms with E-state index in [0.717, 1.165) is 11.9 Å². The summed E-state index contributed by atoms with van der Waals surface area (Å²) in [5.41, 5.74) is 3.06. The molecule has 1 unspecified atom stereocenters. The average Bonchev–Trinajstić information content (AvgIpc) is 2.99. The number of carbonyl (C=O) groups excluding carboxylic acids is 1. The van der Waals surface area contributed by atoms with Crippen molar-refractivity contribution in [2.75, 3.05) is 26.3 Å². The number of nitrogens with zero attached hydrogens (tertiary/aromatic N) is 2. The van der Waals surface area contributed by atoms with Gasteiger partial charge in [-0.1, -0.05) is 6.07 Å². The maximum Gasteiger partial charge on any atom is 0.255 e. The van der Waals surface area contributed by atoms with Crippen LogP contribution in [0.15, 0.2) is 55.0 Å². The Balaban J connectivity index is 1.48. The first-order valence-corrected chi connectivity index (χ1v) is 8.62. The van der Waals surface area contributed by atoms with Crippen LogP contribution in [0.4, 0.5) is 0 Å². The number of amides is 1. The summed E-state index contributed by atoms with van der Waals surface area (Å²) in [6, 6.07) is 12.2. The maximum absolute atomic E-state index is 12.7. The lowest BCUT2D eigenvalue weighted by atomic mass is 9.98. The van der Waals surface area contributed by atoms with E-state index in [4.69, 9.17) is 4.74 Å². The zero-order valence-corrected chi connectivity index (χ0v) is 14.0. The van der Waals surface area contributed by atoms with Gasteiger partial charge in [-0.15, -0.1) is 0 Å². The molecule has 5 heteroatoms. The Morgan fingerprint density at radius 1 is 1.32 bits per heavy atom. The fraction of sp³-hybridized carbons (Fsp3) is 0.300. The number of aromatic amines is 1. The number of rotatable bonds is 3. The van der Waals surface area contributed by atoms with Gasteiger partial charge in [0.25, 0.3) is 5.91 Å². The van der Waals surface area contributed by atoms with Crippen molar-refractivity contribution in [2.24, 2.45) is 5.92 Å². The molecule has 128 valence electrons. The molecule has 1 N–H and O–H groups in total. The molecule has 1 amide bonds. The molecular weight excluding hydrogens is 314 g/mol. The first-order chi connectivity index (χ1) is 12.3. The monoisotopic (exact) mass is 335 g/mol. The zero-order chi connectivity index (χ0) is 17.1. The molecule has 25 heavy (non-hydrogen) atoms. The Morgan fingerprint density at radius 3 is 3.16 bits per heavy atom. The average molecular weight is 335 g/mol. The number of hydrogen-bond acceptors (Lipinski definition) is 3. The van der Waals surface area contributed by atoms with Gasteiger partial charge in [0.15, 0.2) is 0 Å². The van der Waals surface area contributed by atoms with Crippen LogP contribution in [0.1, 0.15) is 15.9 Å². The molecule has 0 spiro atoms. The van der Waals surface area contributed by atoms with Gasteiger partial charge in [0, 0.05) is 43.1 Å². The lowest BCUT2D eigenvalue weighted by Gasteiger charge is -2.23. The Kier molecular flexibility index (Phi) is 4.48.